The molecule has 6 heteroatoms. The maximum Gasteiger partial charge on any atom is 0.282 e. The number of hydrogen-bond donors (Lipinski definition) is 0. The van der Waals surface area contributed by atoms with Crippen molar-refractivity contribution in [2.24, 2.45) is 4.99 Å². The van der Waals surface area contributed by atoms with Gasteiger partial charge in [-0.15, -0.1) is 0 Å². The first kappa shape index (κ1) is 18.4. The molecule has 0 atom stereocenters. The summed E-state index contributed by atoms with van der Waals surface area (Å²) in [5.41, 5.74) is 2.32. The lowest BCUT2D eigenvalue weighted by Gasteiger charge is -2.18. The molecule has 1 heterocycles. The Morgan fingerprint density at radius 1 is 0.821 bits per heavy atom. The van der Waals surface area contributed by atoms with Crippen molar-refractivity contribution in [2.45, 2.75) is 0 Å². The quantitative estimate of drug-likeness (QED) is 0.489. The van der Waals surface area contributed by atoms with Gasteiger partial charge in [0.25, 0.3) is 5.91 Å². The van der Waals surface area contributed by atoms with Gasteiger partial charge >= 0.3 is 0 Å². The first-order valence-corrected chi connectivity index (χ1v) is 9.19. The standard InChI is InChI=1S/C22H13Cl2FN2O/c23-16-5-1-14(2-6-16)13-20-22(28)27(19-11-9-18(25)10-12-19)21(26-20)15-3-7-17(24)8-4-15/h1-13H/b20-13+. The van der Waals surface area contributed by atoms with E-state index >= 15 is 0 Å². The van der Waals surface area contributed by atoms with E-state index < -0.39 is 0 Å². The molecular weight excluding hydrogens is 398 g/mol. The van der Waals surface area contributed by atoms with Gasteiger partial charge in [0, 0.05) is 15.6 Å². The van der Waals surface area contributed by atoms with Gasteiger partial charge < -0.3 is 0 Å². The number of benzene rings is 3. The SMILES string of the molecule is O=C1/C(=C\c2ccc(Cl)cc2)N=C(c2ccc(Cl)cc2)N1c1ccc(F)cc1. The molecule has 1 amide bonds. The third kappa shape index (κ3) is 3.70. The van der Waals surface area contributed by atoms with Crippen LogP contribution in [0.4, 0.5) is 10.1 Å². The maximum absolute atomic E-state index is 13.4. The monoisotopic (exact) mass is 410 g/mol. The molecule has 1 aliphatic rings. The number of amides is 1. The Balaban J connectivity index is 1.81. The average molecular weight is 411 g/mol. The molecule has 0 saturated carbocycles. The van der Waals surface area contributed by atoms with Crippen molar-refractivity contribution in [3.63, 3.8) is 0 Å². The van der Waals surface area contributed by atoms with Gasteiger partial charge in [-0.1, -0.05) is 35.3 Å². The van der Waals surface area contributed by atoms with Crippen molar-refractivity contribution < 1.29 is 9.18 Å². The van der Waals surface area contributed by atoms with Crippen molar-refractivity contribution >= 4 is 46.7 Å². The highest BCUT2D eigenvalue weighted by molar-refractivity contribution is 6.34. The smallest absolute Gasteiger partial charge is 0.266 e. The summed E-state index contributed by atoms with van der Waals surface area (Å²) >= 11 is 11.9. The molecule has 3 aromatic carbocycles. The lowest BCUT2D eigenvalue weighted by Crippen LogP contribution is -2.32. The summed E-state index contributed by atoms with van der Waals surface area (Å²) < 4.78 is 13.4. The highest BCUT2D eigenvalue weighted by atomic mass is 35.5. The number of carbonyl (C=O) groups excluding carboxylic acids is 1. The summed E-state index contributed by atoms with van der Waals surface area (Å²) in [4.78, 5) is 19.1. The fourth-order valence-electron chi connectivity index (χ4n) is 2.86. The van der Waals surface area contributed by atoms with Crippen LogP contribution in [0.5, 0.6) is 0 Å². The molecule has 0 spiro atoms. The van der Waals surface area contributed by atoms with E-state index in [1.54, 1.807) is 66.7 Å². The zero-order chi connectivity index (χ0) is 19.7. The van der Waals surface area contributed by atoms with E-state index in [2.05, 4.69) is 4.99 Å². The molecule has 3 aromatic rings. The average Bonchev–Trinajstić information content (AvgIpc) is 3.01. The van der Waals surface area contributed by atoms with Gasteiger partial charge in [-0.25, -0.2) is 9.38 Å². The Morgan fingerprint density at radius 2 is 1.39 bits per heavy atom. The molecule has 0 saturated heterocycles. The molecule has 0 unspecified atom stereocenters. The second-order valence-electron chi connectivity index (χ2n) is 6.14. The lowest BCUT2D eigenvalue weighted by atomic mass is 10.1. The normalized spacial score (nSPS) is 15.2. The summed E-state index contributed by atoms with van der Waals surface area (Å²) in [6.45, 7) is 0. The van der Waals surface area contributed by atoms with Gasteiger partial charge in [0.1, 0.15) is 17.3 Å². The molecule has 0 fully saturated rings. The molecule has 0 radical (unpaired) electrons. The van der Waals surface area contributed by atoms with Crippen molar-refractivity contribution in [1.82, 2.24) is 0 Å². The molecular formula is C22H13Cl2FN2O. The zero-order valence-electron chi connectivity index (χ0n) is 14.4. The molecule has 3 nitrogen and oxygen atoms in total. The van der Waals surface area contributed by atoms with E-state index in [-0.39, 0.29) is 17.4 Å². The van der Waals surface area contributed by atoms with E-state index in [4.69, 9.17) is 23.2 Å². The molecule has 28 heavy (non-hydrogen) atoms. The first-order chi connectivity index (χ1) is 13.5. The zero-order valence-corrected chi connectivity index (χ0v) is 16.0. The number of carbonyl (C=O) groups is 1. The summed E-state index contributed by atoms with van der Waals surface area (Å²) in [7, 11) is 0. The van der Waals surface area contributed by atoms with E-state index in [0.29, 0.717) is 21.6 Å². The molecule has 0 aromatic heterocycles. The van der Waals surface area contributed by atoms with Crippen molar-refractivity contribution in [1.29, 1.82) is 0 Å². The van der Waals surface area contributed by atoms with Gasteiger partial charge in [0.2, 0.25) is 0 Å². The highest BCUT2D eigenvalue weighted by Crippen LogP contribution is 2.28. The predicted molar refractivity (Wildman–Crippen MR) is 111 cm³/mol. The van der Waals surface area contributed by atoms with Crippen LogP contribution in [0.1, 0.15) is 11.1 Å². The van der Waals surface area contributed by atoms with Crippen LogP contribution < -0.4 is 4.90 Å². The summed E-state index contributed by atoms with van der Waals surface area (Å²) in [5.74, 6) is -0.225. The minimum absolute atomic E-state index is 0.275. The van der Waals surface area contributed by atoms with Gasteiger partial charge in [-0.2, -0.15) is 0 Å². The molecule has 1 aliphatic heterocycles. The van der Waals surface area contributed by atoms with Crippen molar-refractivity contribution in [3.05, 3.63) is 105 Å². The van der Waals surface area contributed by atoms with Crippen LogP contribution in [0.25, 0.3) is 6.08 Å². The van der Waals surface area contributed by atoms with Crippen LogP contribution in [0, 0.1) is 5.82 Å². The number of rotatable bonds is 3. The Morgan fingerprint density at radius 3 is 2.00 bits per heavy atom. The van der Waals surface area contributed by atoms with Crippen molar-refractivity contribution in [3.8, 4) is 0 Å². The van der Waals surface area contributed by atoms with Gasteiger partial charge in [0.05, 0.1) is 5.69 Å². The Kier molecular flexibility index (Phi) is 4.99. The van der Waals surface area contributed by atoms with Crippen molar-refractivity contribution in [2.75, 3.05) is 4.90 Å². The largest absolute Gasteiger partial charge is 0.282 e. The highest BCUT2D eigenvalue weighted by Gasteiger charge is 2.32. The van der Waals surface area contributed by atoms with Gasteiger partial charge in [0.15, 0.2) is 0 Å². The fourth-order valence-corrected chi connectivity index (χ4v) is 3.11. The minimum Gasteiger partial charge on any atom is -0.266 e. The molecule has 0 bridgehead atoms. The number of halogens is 3. The van der Waals surface area contributed by atoms with Crippen LogP contribution >= 0.6 is 23.2 Å². The van der Waals surface area contributed by atoms with Crippen LogP contribution in [0.3, 0.4) is 0 Å². The molecule has 0 aliphatic carbocycles. The molecule has 138 valence electrons. The van der Waals surface area contributed by atoms with Crippen LogP contribution in [0.15, 0.2) is 83.5 Å². The Labute approximate surface area is 171 Å². The maximum atomic E-state index is 13.4. The summed E-state index contributed by atoms with van der Waals surface area (Å²) in [6.07, 6.45) is 1.69. The Hall–Kier alpha value is -2.95. The summed E-state index contributed by atoms with van der Waals surface area (Å²) in [5, 5.41) is 1.19. The second-order valence-corrected chi connectivity index (χ2v) is 7.01. The van der Waals surface area contributed by atoms with Gasteiger partial charge in [-0.05, 0) is 72.3 Å². The minimum atomic E-state index is -0.377. The number of anilines is 1. The lowest BCUT2D eigenvalue weighted by molar-refractivity contribution is -0.113. The van der Waals surface area contributed by atoms with Gasteiger partial charge in [-0.3, -0.25) is 9.69 Å². The van der Waals surface area contributed by atoms with E-state index in [1.165, 1.54) is 17.0 Å². The van der Waals surface area contributed by atoms with E-state index in [1.807, 2.05) is 0 Å². The topological polar surface area (TPSA) is 32.7 Å². The second kappa shape index (κ2) is 7.58. The number of aliphatic imine (C=N–C) groups is 1. The molecule has 0 N–H and O–H groups in total. The fraction of sp³-hybridized carbons (Fsp3) is 0. The predicted octanol–water partition coefficient (Wildman–Crippen LogP) is 5.97. The Bertz CT molecular complexity index is 1090. The summed E-state index contributed by atoms with van der Waals surface area (Å²) in [6, 6.07) is 19.8. The first-order valence-electron chi connectivity index (χ1n) is 8.43. The van der Waals surface area contributed by atoms with Crippen LogP contribution in [0.2, 0.25) is 10.0 Å². The number of nitrogens with zero attached hydrogens (tertiary/aromatic N) is 2. The molecule has 4 rings (SSSR count). The van der Waals surface area contributed by atoms with E-state index in [0.717, 1.165) is 11.1 Å². The van der Waals surface area contributed by atoms with E-state index in [9.17, 15) is 9.18 Å². The van der Waals surface area contributed by atoms with Crippen LogP contribution in [-0.4, -0.2) is 11.7 Å². The number of hydrogen-bond acceptors (Lipinski definition) is 2. The van der Waals surface area contributed by atoms with Crippen LogP contribution in [-0.2, 0) is 4.79 Å². The third-order valence-electron chi connectivity index (χ3n) is 4.22. The number of amidine groups is 1. The third-order valence-corrected chi connectivity index (χ3v) is 4.72.